The lowest BCUT2D eigenvalue weighted by atomic mass is 9.96. The van der Waals surface area contributed by atoms with E-state index in [1.165, 1.54) is 5.69 Å². The van der Waals surface area contributed by atoms with Crippen molar-refractivity contribution < 1.29 is 19.4 Å². The standard InChI is InChI=1S/C29H37N5O4/c1-38-23-7-5-22(6-8-23)33-18-16-32(17-19-33)13-3-2-4-21-20-31-25-10-9-24(29(36)37)27(26(21)25)28(35)34-14-11-30-12-15-34/h5-10,20,30-31H,2-4,11-19H2,1H3,(H,36,37). The highest BCUT2D eigenvalue weighted by atomic mass is 16.5. The van der Waals surface area contributed by atoms with Gasteiger partial charge in [0.05, 0.1) is 18.2 Å². The number of carboxylic acid groups (broad SMARTS) is 1. The number of rotatable bonds is 9. The van der Waals surface area contributed by atoms with Crippen molar-refractivity contribution in [2.24, 2.45) is 0 Å². The van der Waals surface area contributed by atoms with Gasteiger partial charge in [0.25, 0.3) is 5.91 Å². The molecular formula is C29H37N5O4. The van der Waals surface area contributed by atoms with Gasteiger partial charge in [-0.3, -0.25) is 9.69 Å². The van der Waals surface area contributed by atoms with Crippen molar-refractivity contribution >= 4 is 28.5 Å². The van der Waals surface area contributed by atoms with Gasteiger partial charge >= 0.3 is 5.97 Å². The van der Waals surface area contributed by atoms with Crippen LogP contribution < -0.4 is 15.0 Å². The molecule has 0 spiro atoms. The second kappa shape index (κ2) is 11.9. The Morgan fingerprint density at radius 3 is 2.37 bits per heavy atom. The van der Waals surface area contributed by atoms with Crippen LogP contribution in [0.2, 0.25) is 0 Å². The van der Waals surface area contributed by atoms with Crippen LogP contribution >= 0.6 is 0 Å². The fourth-order valence-electron chi connectivity index (χ4n) is 5.59. The van der Waals surface area contributed by atoms with Gasteiger partial charge in [-0.25, -0.2) is 4.79 Å². The first kappa shape index (κ1) is 26.1. The number of carbonyl (C=O) groups excluding carboxylic acids is 1. The maximum absolute atomic E-state index is 13.5. The number of aromatic nitrogens is 1. The molecule has 2 aliphatic rings. The number of nitrogens with zero attached hydrogens (tertiary/aromatic N) is 3. The molecule has 202 valence electrons. The van der Waals surface area contributed by atoms with E-state index < -0.39 is 5.97 Å². The average molecular weight is 520 g/mol. The molecule has 0 saturated carbocycles. The van der Waals surface area contributed by atoms with E-state index in [2.05, 4.69) is 32.2 Å². The van der Waals surface area contributed by atoms with Gasteiger partial charge in [0.1, 0.15) is 5.75 Å². The summed E-state index contributed by atoms with van der Waals surface area (Å²) in [6.07, 6.45) is 4.77. The van der Waals surface area contributed by atoms with E-state index in [4.69, 9.17) is 4.74 Å². The van der Waals surface area contributed by atoms with E-state index >= 15 is 0 Å². The van der Waals surface area contributed by atoms with Gasteiger partial charge in [-0.1, -0.05) is 0 Å². The molecule has 0 radical (unpaired) electrons. The largest absolute Gasteiger partial charge is 0.497 e. The monoisotopic (exact) mass is 519 g/mol. The summed E-state index contributed by atoms with van der Waals surface area (Å²) in [4.78, 5) is 35.5. The SMILES string of the molecule is COc1ccc(N2CCN(CCCCc3c[nH]c4ccc(C(=O)O)c(C(=O)N5CCNCC5)c34)CC2)cc1. The molecule has 3 aromatic rings. The molecule has 2 aliphatic heterocycles. The number of methoxy groups -OCH3 is 1. The zero-order chi connectivity index (χ0) is 26.5. The number of aromatic carboxylic acids is 1. The van der Waals surface area contributed by atoms with Crippen molar-refractivity contribution in [1.29, 1.82) is 0 Å². The number of unbranched alkanes of at least 4 members (excludes halogenated alkanes) is 1. The number of anilines is 1. The molecule has 0 bridgehead atoms. The molecule has 2 saturated heterocycles. The van der Waals surface area contributed by atoms with Crippen molar-refractivity contribution in [3.05, 3.63) is 59.3 Å². The number of piperazine rings is 2. The van der Waals surface area contributed by atoms with Crippen LogP contribution in [0.4, 0.5) is 5.69 Å². The topological polar surface area (TPSA) is 101 Å². The number of amides is 1. The van der Waals surface area contributed by atoms with Gasteiger partial charge in [0, 0.05) is 75.1 Å². The highest BCUT2D eigenvalue weighted by Crippen LogP contribution is 2.29. The first-order valence-corrected chi connectivity index (χ1v) is 13.5. The number of carboxylic acids is 1. The first-order chi connectivity index (χ1) is 18.5. The minimum absolute atomic E-state index is 0.0802. The number of carbonyl (C=O) groups is 2. The second-order valence-electron chi connectivity index (χ2n) is 10.1. The van der Waals surface area contributed by atoms with Gasteiger partial charge < -0.3 is 29.9 Å². The van der Waals surface area contributed by atoms with Crippen molar-refractivity contribution in [3.63, 3.8) is 0 Å². The van der Waals surface area contributed by atoms with E-state index in [1.807, 2.05) is 18.3 Å². The quantitative estimate of drug-likeness (QED) is 0.374. The molecule has 9 heteroatoms. The number of H-pyrrole nitrogens is 1. The van der Waals surface area contributed by atoms with E-state index in [0.717, 1.165) is 87.3 Å². The molecule has 0 aliphatic carbocycles. The normalized spacial score (nSPS) is 16.7. The Labute approximate surface area is 223 Å². The summed E-state index contributed by atoms with van der Waals surface area (Å²) < 4.78 is 5.27. The lowest BCUT2D eigenvalue weighted by molar-refractivity contribution is 0.0671. The number of hydrogen-bond donors (Lipinski definition) is 3. The van der Waals surface area contributed by atoms with E-state index in [-0.39, 0.29) is 11.5 Å². The number of aryl methyl sites for hydroxylation is 1. The number of benzene rings is 2. The molecule has 0 atom stereocenters. The Balaban J connectivity index is 1.19. The smallest absolute Gasteiger partial charge is 0.336 e. The lowest BCUT2D eigenvalue weighted by Gasteiger charge is -2.36. The maximum Gasteiger partial charge on any atom is 0.336 e. The van der Waals surface area contributed by atoms with Gasteiger partial charge in [0.2, 0.25) is 0 Å². The molecule has 0 unspecified atom stereocenters. The van der Waals surface area contributed by atoms with Crippen molar-refractivity contribution in [3.8, 4) is 5.75 Å². The van der Waals surface area contributed by atoms with Crippen LogP contribution in [-0.2, 0) is 6.42 Å². The summed E-state index contributed by atoms with van der Waals surface area (Å²) >= 11 is 0. The summed E-state index contributed by atoms with van der Waals surface area (Å²) in [5.74, 6) is -0.376. The molecule has 38 heavy (non-hydrogen) atoms. The lowest BCUT2D eigenvalue weighted by Crippen LogP contribution is -2.46. The minimum atomic E-state index is -1.06. The van der Waals surface area contributed by atoms with E-state index in [1.54, 1.807) is 24.1 Å². The second-order valence-corrected chi connectivity index (χ2v) is 10.1. The molecule has 1 aromatic heterocycles. The third-order valence-corrected chi connectivity index (χ3v) is 7.76. The van der Waals surface area contributed by atoms with Gasteiger partial charge in [-0.05, 0) is 67.8 Å². The molecular weight excluding hydrogens is 482 g/mol. The summed E-state index contributed by atoms with van der Waals surface area (Å²) in [5.41, 5.74) is 3.47. The van der Waals surface area contributed by atoms with Crippen molar-refractivity contribution in [2.45, 2.75) is 19.3 Å². The Morgan fingerprint density at radius 1 is 0.947 bits per heavy atom. The Hall–Kier alpha value is -3.56. The van der Waals surface area contributed by atoms with Crippen LogP contribution in [-0.4, -0.2) is 97.8 Å². The van der Waals surface area contributed by atoms with Gasteiger partial charge in [-0.2, -0.15) is 0 Å². The highest BCUT2D eigenvalue weighted by molar-refractivity contribution is 6.14. The van der Waals surface area contributed by atoms with Crippen LogP contribution in [0.25, 0.3) is 10.9 Å². The Kier molecular flexibility index (Phi) is 8.14. The zero-order valence-corrected chi connectivity index (χ0v) is 22.0. The van der Waals surface area contributed by atoms with Gasteiger partial charge in [-0.15, -0.1) is 0 Å². The number of aromatic amines is 1. The van der Waals surface area contributed by atoms with Crippen molar-refractivity contribution in [2.75, 3.05) is 70.9 Å². The van der Waals surface area contributed by atoms with Crippen LogP contribution in [0.5, 0.6) is 5.75 Å². The maximum atomic E-state index is 13.5. The van der Waals surface area contributed by atoms with Crippen LogP contribution in [0.15, 0.2) is 42.6 Å². The number of nitrogens with one attached hydrogen (secondary N) is 2. The third-order valence-electron chi connectivity index (χ3n) is 7.76. The number of fused-ring (bicyclic) bond motifs is 1. The molecule has 2 fully saturated rings. The van der Waals surface area contributed by atoms with Crippen LogP contribution in [0.1, 0.15) is 39.1 Å². The Morgan fingerprint density at radius 2 is 1.68 bits per heavy atom. The number of hydrogen-bond acceptors (Lipinski definition) is 6. The minimum Gasteiger partial charge on any atom is -0.497 e. The highest BCUT2D eigenvalue weighted by Gasteiger charge is 2.27. The fraction of sp³-hybridized carbons (Fsp3) is 0.448. The molecule has 5 rings (SSSR count). The van der Waals surface area contributed by atoms with E-state index in [0.29, 0.717) is 18.7 Å². The molecule has 1 amide bonds. The zero-order valence-electron chi connectivity index (χ0n) is 22.0. The van der Waals surface area contributed by atoms with Gasteiger partial charge in [0.15, 0.2) is 0 Å². The molecule has 3 N–H and O–H groups in total. The summed E-state index contributed by atoms with van der Waals surface area (Å²) in [6, 6.07) is 11.6. The number of ether oxygens (including phenoxy) is 1. The Bertz CT molecular complexity index is 1260. The molecule has 2 aromatic carbocycles. The summed E-state index contributed by atoms with van der Waals surface area (Å²) in [7, 11) is 1.69. The third kappa shape index (κ3) is 5.63. The first-order valence-electron chi connectivity index (χ1n) is 13.5. The van der Waals surface area contributed by atoms with E-state index in [9.17, 15) is 14.7 Å². The fourth-order valence-corrected chi connectivity index (χ4v) is 5.59. The average Bonchev–Trinajstić information content (AvgIpc) is 3.38. The van der Waals surface area contributed by atoms with Crippen LogP contribution in [0.3, 0.4) is 0 Å². The molecule has 3 heterocycles. The predicted octanol–water partition coefficient (Wildman–Crippen LogP) is 3.07. The van der Waals surface area contributed by atoms with Crippen molar-refractivity contribution in [1.82, 2.24) is 20.1 Å². The van der Waals surface area contributed by atoms with Crippen LogP contribution in [0, 0.1) is 0 Å². The summed E-state index contributed by atoms with van der Waals surface area (Å²) in [5, 5.41) is 13.9. The molecule has 9 nitrogen and oxygen atoms in total. The predicted molar refractivity (Wildman–Crippen MR) is 149 cm³/mol. The summed E-state index contributed by atoms with van der Waals surface area (Å²) in [6.45, 7) is 7.71.